The zero-order valence-electron chi connectivity index (χ0n) is 9.54. The number of nitrogens with zero attached hydrogens (tertiary/aromatic N) is 1. The summed E-state index contributed by atoms with van der Waals surface area (Å²) in [6, 6.07) is 0.0489. The third-order valence-corrected chi connectivity index (χ3v) is 2.79. The molecule has 0 bridgehead atoms. The molecule has 5 nitrogen and oxygen atoms in total. The second kappa shape index (κ2) is 5.00. The van der Waals surface area contributed by atoms with Gasteiger partial charge in [0.05, 0.1) is 6.04 Å². The lowest BCUT2D eigenvalue weighted by molar-refractivity contribution is -0.126. The predicted octanol–water partition coefficient (Wildman–Crippen LogP) is 0.172. The van der Waals surface area contributed by atoms with Crippen molar-refractivity contribution in [1.82, 2.24) is 15.5 Å². The molecule has 1 heterocycles. The number of nitrogens with one attached hydrogen (secondary N) is 2. The van der Waals surface area contributed by atoms with Crippen LogP contribution in [0.5, 0.6) is 0 Å². The van der Waals surface area contributed by atoms with Crippen molar-refractivity contribution >= 4 is 11.9 Å². The Morgan fingerprint density at radius 3 is 2.53 bits per heavy atom. The number of carbonyl (C=O) groups is 2. The van der Waals surface area contributed by atoms with Crippen LogP contribution in [0.3, 0.4) is 0 Å². The lowest BCUT2D eigenvalue weighted by atomic mass is 10.1. The largest absolute Gasteiger partial charge is 0.350 e. The molecule has 0 aliphatic carbocycles. The van der Waals surface area contributed by atoms with Gasteiger partial charge in [-0.05, 0) is 6.42 Å². The smallest absolute Gasteiger partial charge is 0.317 e. The van der Waals surface area contributed by atoms with Crippen LogP contribution in [0.25, 0.3) is 0 Å². The molecule has 1 aliphatic heterocycles. The lowest BCUT2D eigenvalue weighted by Crippen LogP contribution is -2.63. The summed E-state index contributed by atoms with van der Waals surface area (Å²) >= 11 is 0. The Morgan fingerprint density at radius 2 is 2.07 bits per heavy atom. The Labute approximate surface area is 90.2 Å². The summed E-state index contributed by atoms with van der Waals surface area (Å²) < 4.78 is 0. The number of likely N-dealkylation sites (tertiary alicyclic amines) is 1. The van der Waals surface area contributed by atoms with Crippen LogP contribution in [0.2, 0.25) is 0 Å². The Bertz CT molecular complexity index is 249. The molecule has 1 fully saturated rings. The number of carbonyl (C=O) groups excluding carboxylic acids is 2. The van der Waals surface area contributed by atoms with Crippen LogP contribution in [-0.4, -0.2) is 43.0 Å². The van der Waals surface area contributed by atoms with Crippen LogP contribution in [0.4, 0.5) is 4.79 Å². The second-order valence-corrected chi connectivity index (χ2v) is 3.97. The molecule has 3 amide bonds. The first-order chi connectivity index (χ1) is 7.08. The molecular weight excluding hydrogens is 194 g/mol. The van der Waals surface area contributed by atoms with Crippen molar-refractivity contribution in [2.75, 3.05) is 20.1 Å². The molecule has 0 aromatic rings. The van der Waals surface area contributed by atoms with Crippen molar-refractivity contribution in [3.05, 3.63) is 0 Å². The topological polar surface area (TPSA) is 61.4 Å². The Hall–Kier alpha value is -1.26. The second-order valence-electron chi connectivity index (χ2n) is 3.97. The highest BCUT2D eigenvalue weighted by Gasteiger charge is 2.31. The summed E-state index contributed by atoms with van der Waals surface area (Å²) in [6.07, 6.45) is 0.845. The quantitative estimate of drug-likeness (QED) is 0.702. The number of rotatable bonds is 3. The fourth-order valence-electron chi connectivity index (χ4n) is 1.42. The van der Waals surface area contributed by atoms with Crippen LogP contribution in [0, 0.1) is 5.92 Å². The van der Waals surface area contributed by atoms with E-state index in [1.54, 1.807) is 11.9 Å². The first-order valence-electron chi connectivity index (χ1n) is 5.35. The summed E-state index contributed by atoms with van der Waals surface area (Å²) in [6.45, 7) is 5.12. The van der Waals surface area contributed by atoms with E-state index in [-0.39, 0.29) is 23.9 Å². The van der Waals surface area contributed by atoms with Crippen molar-refractivity contribution in [1.29, 1.82) is 0 Å². The maximum absolute atomic E-state index is 11.5. The molecule has 86 valence electrons. The van der Waals surface area contributed by atoms with Gasteiger partial charge in [-0.2, -0.15) is 0 Å². The van der Waals surface area contributed by atoms with E-state index in [4.69, 9.17) is 0 Å². The van der Waals surface area contributed by atoms with Gasteiger partial charge in [-0.3, -0.25) is 4.79 Å². The molecule has 0 radical (unpaired) electrons. The Balaban J connectivity index is 2.23. The minimum absolute atomic E-state index is 0.0547. The average Bonchev–Trinajstić information content (AvgIpc) is 2.20. The zero-order chi connectivity index (χ0) is 11.4. The highest BCUT2D eigenvalue weighted by Crippen LogP contribution is 2.09. The van der Waals surface area contributed by atoms with Crippen LogP contribution in [-0.2, 0) is 4.79 Å². The van der Waals surface area contributed by atoms with E-state index < -0.39 is 0 Å². The summed E-state index contributed by atoms with van der Waals surface area (Å²) in [5.41, 5.74) is 0. The van der Waals surface area contributed by atoms with E-state index in [1.165, 1.54) is 0 Å². The fourth-order valence-corrected chi connectivity index (χ4v) is 1.42. The van der Waals surface area contributed by atoms with Crippen molar-refractivity contribution < 1.29 is 9.59 Å². The minimum Gasteiger partial charge on any atom is -0.350 e. The third-order valence-electron chi connectivity index (χ3n) is 2.79. The van der Waals surface area contributed by atoms with Gasteiger partial charge in [-0.15, -0.1) is 0 Å². The molecule has 0 spiro atoms. The molecule has 1 saturated heterocycles. The molecule has 15 heavy (non-hydrogen) atoms. The zero-order valence-corrected chi connectivity index (χ0v) is 9.54. The fraction of sp³-hybridized carbons (Fsp3) is 0.800. The number of urea groups is 1. The van der Waals surface area contributed by atoms with E-state index >= 15 is 0 Å². The van der Waals surface area contributed by atoms with Gasteiger partial charge in [-0.25, -0.2) is 4.79 Å². The van der Waals surface area contributed by atoms with Crippen molar-refractivity contribution in [2.45, 2.75) is 26.3 Å². The molecule has 0 aromatic heterocycles. The molecule has 1 rings (SSSR count). The molecule has 1 aliphatic rings. The van der Waals surface area contributed by atoms with E-state index in [2.05, 4.69) is 10.6 Å². The molecule has 1 unspecified atom stereocenters. The minimum atomic E-state index is -0.0796. The lowest BCUT2D eigenvalue weighted by Gasteiger charge is -2.39. The summed E-state index contributed by atoms with van der Waals surface area (Å²) in [7, 11) is 1.60. The molecule has 0 aromatic carbocycles. The first kappa shape index (κ1) is 11.8. The van der Waals surface area contributed by atoms with Crippen LogP contribution < -0.4 is 10.6 Å². The highest BCUT2D eigenvalue weighted by molar-refractivity contribution is 5.79. The predicted molar refractivity (Wildman–Crippen MR) is 57.4 cm³/mol. The molecule has 0 saturated carbocycles. The summed E-state index contributed by atoms with van der Waals surface area (Å²) in [4.78, 5) is 24.3. The van der Waals surface area contributed by atoms with Crippen molar-refractivity contribution in [2.24, 2.45) is 5.92 Å². The number of hydrogen-bond acceptors (Lipinski definition) is 2. The molecule has 2 N–H and O–H groups in total. The first-order valence-corrected chi connectivity index (χ1v) is 5.35. The Morgan fingerprint density at radius 1 is 1.47 bits per heavy atom. The van der Waals surface area contributed by atoms with E-state index in [1.807, 2.05) is 13.8 Å². The van der Waals surface area contributed by atoms with Crippen LogP contribution in [0.15, 0.2) is 0 Å². The molecular formula is C10H19N3O2. The maximum Gasteiger partial charge on any atom is 0.317 e. The van der Waals surface area contributed by atoms with Crippen molar-refractivity contribution in [3.63, 3.8) is 0 Å². The van der Waals surface area contributed by atoms with E-state index in [0.29, 0.717) is 13.1 Å². The van der Waals surface area contributed by atoms with Crippen LogP contribution >= 0.6 is 0 Å². The normalized spacial score (nSPS) is 17.9. The standard InChI is InChI=1S/C10H19N3O2/c1-4-7(2)9(14)12-8-5-13(6-8)10(15)11-3/h7-8H,4-6H2,1-3H3,(H,11,15)(H,12,14). The third kappa shape index (κ3) is 2.84. The van der Waals surface area contributed by atoms with E-state index in [9.17, 15) is 9.59 Å². The van der Waals surface area contributed by atoms with Gasteiger partial charge >= 0.3 is 6.03 Å². The summed E-state index contributed by atoms with van der Waals surface area (Å²) in [5.74, 6) is 0.137. The van der Waals surface area contributed by atoms with Gasteiger partial charge in [-0.1, -0.05) is 13.8 Å². The summed E-state index contributed by atoms with van der Waals surface area (Å²) in [5, 5.41) is 5.46. The van der Waals surface area contributed by atoms with Crippen LogP contribution in [0.1, 0.15) is 20.3 Å². The van der Waals surface area contributed by atoms with Gasteiger partial charge in [0.25, 0.3) is 0 Å². The Kier molecular flexibility index (Phi) is 3.94. The van der Waals surface area contributed by atoms with Gasteiger partial charge in [0.15, 0.2) is 0 Å². The maximum atomic E-state index is 11.5. The van der Waals surface area contributed by atoms with Gasteiger partial charge in [0, 0.05) is 26.1 Å². The SMILES string of the molecule is CCC(C)C(=O)NC1CN(C(=O)NC)C1. The average molecular weight is 213 g/mol. The molecule has 5 heteroatoms. The highest BCUT2D eigenvalue weighted by atomic mass is 16.2. The van der Waals surface area contributed by atoms with Gasteiger partial charge in [0.2, 0.25) is 5.91 Å². The number of hydrogen-bond donors (Lipinski definition) is 2. The van der Waals surface area contributed by atoms with Gasteiger partial charge in [0.1, 0.15) is 0 Å². The molecule has 1 atom stereocenters. The number of amides is 3. The van der Waals surface area contributed by atoms with Crippen molar-refractivity contribution in [3.8, 4) is 0 Å². The van der Waals surface area contributed by atoms with Gasteiger partial charge < -0.3 is 15.5 Å². The monoisotopic (exact) mass is 213 g/mol. The van der Waals surface area contributed by atoms with E-state index in [0.717, 1.165) is 6.42 Å².